The van der Waals surface area contributed by atoms with Crippen molar-refractivity contribution < 1.29 is 32.2 Å². The van der Waals surface area contributed by atoms with Gasteiger partial charge in [0.05, 0.1) is 30.8 Å². The SMILES string of the molecule is COC1=C(C(C)(C)CC(O)(CN2CCCN(C(C)=O)c3ccccc32)C(F)(F)F)C=C(F)CC1. The molecule has 34 heavy (non-hydrogen) atoms. The van der Waals surface area contributed by atoms with Gasteiger partial charge in [0.2, 0.25) is 5.91 Å². The van der Waals surface area contributed by atoms with Gasteiger partial charge in [0, 0.05) is 32.9 Å². The number of methoxy groups -OCH3 is 1. The van der Waals surface area contributed by atoms with Crippen LogP contribution in [-0.2, 0) is 9.53 Å². The lowest BCUT2D eigenvalue weighted by Gasteiger charge is -2.42. The standard InChI is InChI=1S/C25H32F4N2O3/c1-17(32)31-13-7-12-30(20-8-5-6-9-21(20)31)16-24(33,25(27,28)29)15-23(2,3)19-14-18(26)10-11-22(19)34-4/h5-6,8-9,14,33H,7,10-13,15-16H2,1-4H3. The minimum atomic E-state index is -4.95. The zero-order valence-corrected chi connectivity index (χ0v) is 20.0. The zero-order valence-electron chi connectivity index (χ0n) is 20.0. The van der Waals surface area contributed by atoms with Crippen LogP contribution in [0.25, 0.3) is 0 Å². The molecule has 0 bridgehead atoms. The van der Waals surface area contributed by atoms with Crippen LogP contribution in [0, 0.1) is 5.41 Å². The van der Waals surface area contributed by atoms with E-state index in [0.717, 1.165) is 0 Å². The number of hydrogen-bond donors (Lipinski definition) is 1. The Bertz CT molecular complexity index is 987. The lowest BCUT2D eigenvalue weighted by Crippen LogP contribution is -2.56. The average molecular weight is 485 g/mol. The Balaban J connectivity index is 2.00. The van der Waals surface area contributed by atoms with Crippen molar-refractivity contribution in [3.8, 4) is 0 Å². The van der Waals surface area contributed by atoms with Gasteiger partial charge < -0.3 is 19.6 Å². The highest BCUT2D eigenvalue weighted by atomic mass is 19.4. The molecule has 0 fully saturated rings. The predicted molar refractivity (Wildman–Crippen MR) is 123 cm³/mol. The molecule has 0 aromatic heterocycles. The Morgan fingerprint density at radius 1 is 1.12 bits per heavy atom. The number of β-amino-alcohol motifs (C(OH)–C–C–N with tert-alkyl or cyclic N) is 1. The first-order chi connectivity index (χ1) is 15.8. The number of hydrogen-bond acceptors (Lipinski definition) is 4. The molecule has 1 amide bonds. The van der Waals surface area contributed by atoms with Gasteiger partial charge in [-0.3, -0.25) is 4.79 Å². The third-order valence-corrected chi connectivity index (χ3v) is 6.59. The molecule has 1 unspecified atom stereocenters. The summed E-state index contributed by atoms with van der Waals surface area (Å²) >= 11 is 0. The van der Waals surface area contributed by atoms with Crippen LogP contribution in [0.15, 0.2) is 47.5 Å². The van der Waals surface area contributed by atoms with E-state index >= 15 is 0 Å². The van der Waals surface area contributed by atoms with Crippen molar-refractivity contribution in [1.82, 2.24) is 0 Å². The molecule has 0 spiro atoms. The summed E-state index contributed by atoms with van der Waals surface area (Å²) in [7, 11) is 1.41. The van der Waals surface area contributed by atoms with E-state index in [-0.39, 0.29) is 25.3 Å². The fourth-order valence-corrected chi connectivity index (χ4v) is 4.96. The molecule has 2 aliphatic rings. The largest absolute Gasteiger partial charge is 0.501 e. The number of fused-ring (bicyclic) bond motifs is 1. The Hall–Kier alpha value is -2.55. The molecule has 5 nitrogen and oxygen atoms in total. The van der Waals surface area contributed by atoms with Crippen molar-refractivity contribution >= 4 is 17.3 Å². The Morgan fingerprint density at radius 2 is 1.76 bits per heavy atom. The van der Waals surface area contributed by atoms with Gasteiger partial charge in [-0.25, -0.2) is 4.39 Å². The predicted octanol–water partition coefficient (Wildman–Crippen LogP) is 5.51. The summed E-state index contributed by atoms with van der Waals surface area (Å²) in [5.41, 5.74) is -3.04. The molecule has 188 valence electrons. The minimum absolute atomic E-state index is 0.128. The Morgan fingerprint density at radius 3 is 2.35 bits per heavy atom. The van der Waals surface area contributed by atoms with E-state index in [1.807, 2.05) is 0 Å². The number of anilines is 2. The maximum atomic E-state index is 14.4. The van der Waals surface area contributed by atoms with Crippen LogP contribution in [0.3, 0.4) is 0 Å². The summed E-state index contributed by atoms with van der Waals surface area (Å²) < 4.78 is 62.7. The molecule has 1 heterocycles. The maximum Gasteiger partial charge on any atom is 0.418 e. The highest BCUT2D eigenvalue weighted by Gasteiger charge is 2.57. The molecule has 1 aromatic rings. The van der Waals surface area contributed by atoms with E-state index < -0.39 is 36.0 Å². The second-order valence-corrected chi connectivity index (χ2v) is 9.66. The van der Waals surface area contributed by atoms with Gasteiger partial charge in [0.15, 0.2) is 5.60 Å². The first-order valence-electron chi connectivity index (χ1n) is 11.3. The molecular formula is C25H32F4N2O3. The molecule has 3 rings (SSSR count). The van der Waals surface area contributed by atoms with Crippen LogP contribution in [0.5, 0.6) is 0 Å². The summed E-state index contributed by atoms with van der Waals surface area (Å²) in [5, 5.41) is 11.2. The van der Waals surface area contributed by atoms with Crippen molar-refractivity contribution in [3.63, 3.8) is 0 Å². The highest BCUT2D eigenvalue weighted by molar-refractivity contribution is 5.95. The fraction of sp³-hybridized carbons (Fsp3) is 0.560. The molecule has 9 heteroatoms. The number of para-hydroxylation sites is 2. The monoisotopic (exact) mass is 484 g/mol. The summed E-state index contributed by atoms with van der Waals surface area (Å²) in [4.78, 5) is 15.2. The first kappa shape index (κ1) is 26.1. The quantitative estimate of drug-likeness (QED) is 0.542. The number of ether oxygens (including phenoxy) is 1. The van der Waals surface area contributed by atoms with Crippen molar-refractivity contribution in [2.24, 2.45) is 5.41 Å². The summed E-state index contributed by atoms with van der Waals surface area (Å²) in [6, 6.07) is 6.76. The third-order valence-electron chi connectivity index (χ3n) is 6.59. The van der Waals surface area contributed by atoms with Gasteiger partial charge in [-0.2, -0.15) is 13.2 Å². The van der Waals surface area contributed by atoms with Crippen LogP contribution in [0.4, 0.5) is 28.9 Å². The number of halogens is 4. The number of carbonyl (C=O) groups excluding carboxylic acids is 1. The average Bonchev–Trinajstić information content (AvgIpc) is 2.92. The first-order valence-corrected chi connectivity index (χ1v) is 11.3. The van der Waals surface area contributed by atoms with Gasteiger partial charge in [0.1, 0.15) is 5.83 Å². The van der Waals surface area contributed by atoms with E-state index in [1.54, 1.807) is 38.1 Å². The molecule has 0 radical (unpaired) electrons. The molecule has 1 atom stereocenters. The highest BCUT2D eigenvalue weighted by Crippen LogP contribution is 2.47. The second kappa shape index (κ2) is 9.60. The second-order valence-electron chi connectivity index (χ2n) is 9.66. The molecule has 1 aliphatic heterocycles. The topological polar surface area (TPSA) is 53.0 Å². The van der Waals surface area contributed by atoms with Crippen LogP contribution in [0.2, 0.25) is 0 Å². The van der Waals surface area contributed by atoms with Crippen LogP contribution >= 0.6 is 0 Å². The summed E-state index contributed by atoms with van der Waals surface area (Å²) in [5.74, 6) is -0.204. The lowest BCUT2D eigenvalue weighted by atomic mass is 9.72. The third kappa shape index (κ3) is 5.24. The summed E-state index contributed by atoms with van der Waals surface area (Å²) in [6.45, 7) is 4.42. The van der Waals surface area contributed by atoms with E-state index in [0.29, 0.717) is 35.7 Å². The van der Waals surface area contributed by atoms with E-state index in [9.17, 15) is 27.5 Å². The van der Waals surface area contributed by atoms with E-state index in [1.165, 1.54) is 29.9 Å². The fourth-order valence-electron chi connectivity index (χ4n) is 4.96. The summed E-state index contributed by atoms with van der Waals surface area (Å²) in [6.07, 6.45) is -3.59. The van der Waals surface area contributed by atoms with Gasteiger partial charge in [-0.15, -0.1) is 0 Å². The molecular weight excluding hydrogens is 452 g/mol. The maximum absolute atomic E-state index is 14.4. The minimum Gasteiger partial charge on any atom is -0.501 e. The smallest absolute Gasteiger partial charge is 0.418 e. The Labute approximate surface area is 197 Å². The number of alkyl halides is 3. The van der Waals surface area contributed by atoms with Crippen LogP contribution in [0.1, 0.15) is 46.5 Å². The van der Waals surface area contributed by atoms with E-state index in [2.05, 4.69) is 0 Å². The molecule has 1 aromatic carbocycles. The number of amides is 1. The van der Waals surface area contributed by atoms with Crippen molar-refractivity contribution in [3.05, 3.63) is 47.5 Å². The zero-order chi connectivity index (χ0) is 25.3. The number of allylic oxidation sites excluding steroid dienone is 4. The van der Waals surface area contributed by atoms with Crippen molar-refractivity contribution in [2.75, 3.05) is 36.5 Å². The number of rotatable bonds is 6. The normalized spacial score (nSPS) is 19.3. The number of aliphatic hydroxyl groups is 1. The number of benzene rings is 1. The Kier molecular flexibility index (Phi) is 7.36. The van der Waals surface area contributed by atoms with Crippen molar-refractivity contribution in [2.45, 2.75) is 58.2 Å². The van der Waals surface area contributed by atoms with Crippen molar-refractivity contribution in [1.29, 1.82) is 0 Å². The van der Waals surface area contributed by atoms with Gasteiger partial charge in [0.25, 0.3) is 0 Å². The van der Waals surface area contributed by atoms with Crippen LogP contribution in [-0.4, -0.2) is 49.5 Å². The lowest BCUT2D eigenvalue weighted by molar-refractivity contribution is -0.264. The van der Waals surface area contributed by atoms with Crippen LogP contribution < -0.4 is 9.80 Å². The van der Waals surface area contributed by atoms with Gasteiger partial charge in [-0.1, -0.05) is 26.0 Å². The molecule has 1 aliphatic carbocycles. The number of nitrogens with zero attached hydrogens (tertiary/aromatic N) is 2. The van der Waals surface area contributed by atoms with E-state index in [4.69, 9.17) is 4.74 Å². The van der Waals surface area contributed by atoms with Gasteiger partial charge >= 0.3 is 6.18 Å². The molecule has 0 saturated carbocycles. The van der Waals surface area contributed by atoms with Gasteiger partial charge in [-0.05, 0) is 42.0 Å². The number of carbonyl (C=O) groups is 1. The molecule has 1 N–H and O–H groups in total. The molecule has 0 saturated heterocycles.